The van der Waals surface area contributed by atoms with Crippen molar-refractivity contribution >= 4 is 29.5 Å². The summed E-state index contributed by atoms with van der Waals surface area (Å²) in [5, 5.41) is 19.9. The number of carbonyl (C=O) groups is 5. The molecule has 276 valence electrons. The van der Waals surface area contributed by atoms with E-state index in [2.05, 4.69) is 25.9 Å². The number of likely N-dealkylation sites (N-methyl/N-ethyl adjacent to an activating group) is 1. The van der Waals surface area contributed by atoms with E-state index in [0.717, 1.165) is 64.2 Å². The molecule has 0 aromatic carbocycles. The van der Waals surface area contributed by atoms with Gasteiger partial charge in [0.2, 0.25) is 17.7 Å². The minimum absolute atomic E-state index is 0.0498. The van der Waals surface area contributed by atoms with Gasteiger partial charge in [-0.15, -0.1) is 0 Å². The van der Waals surface area contributed by atoms with Crippen LogP contribution in [0, 0.1) is 23.2 Å². The number of carbonyl (C=O) groups excluding carboxylic acids is 5. The molecule has 1 aliphatic heterocycles. The Morgan fingerprint density at radius 2 is 1.68 bits per heavy atom. The Labute approximate surface area is 296 Å². The Balaban J connectivity index is 1.38. The summed E-state index contributed by atoms with van der Waals surface area (Å²) < 4.78 is 0. The quantitative estimate of drug-likeness (QED) is 0.244. The molecule has 3 aliphatic carbocycles. The number of nitrogens with one attached hydrogen (secondary N) is 3. The summed E-state index contributed by atoms with van der Waals surface area (Å²) in [7, 11) is 1.62. The number of aliphatic hydroxyl groups is 1. The molecule has 0 spiro atoms. The number of hydrogen-bond donors (Lipinski definition) is 4. The summed E-state index contributed by atoms with van der Waals surface area (Å²) in [4.78, 5) is 80.8. The SMILES string of the molecule is CCCC(C(O)C(=O)NC1CC1)N(C)C(=O)C1C2CCCC2CN1C(=O)C(NC(=O)C(NC(=O)c1cnccn1)C1CCCCC1)C(C)(C)C. The zero-order chi connectivity index (χ0) is 36.2. The minimum Gasteiger partial charge on any atom is -0.381 e. The molecule has 4 aliphatic rings. The smallest absolute Gasteiger partial charge is 0.272 e. The van der Waals surface area contributed by atoms with Crippen molar-refractivity contribution in [3.05, 3.63) is 24.3 Å². The minimum atomic E-state index is -1.38. The molecule has 2 heterocycles. The maximum absolute atomic E-state index is 14.7. The average Bonchev–Trinajstić information content (AvgIpc) is 3.67. The molecule has 1 saturated heterocycles. The van der Waals surface area contributed by atoms with Gasteiger partial charge in [0.15, 0.2) is 6.10 Å². The normalized spacial score (nSPS) is 24.8. The Bertz CT molecular complexity index is 1380. The molecule has 1 aromatic heterocycles. The predicted octanol–water partition coefficient (Wildman–Crippen LogP) is 2.58. The molecule has 13 nitrogen and oxygen atoms in total. The first-order valence-electron chi connectivity index (χ1n) is 18.7. The number of fused-ring (bicyclic) bond motifs is 1. The summed E-state index contributed by atoms with van der Waals surface area (Å²) in [6, 6.07) is -3.29. The molecule has 5 rings (SSSR count). The van der Waals surface area contributed by atoms with E-state index in [9.17, 15) is 29.1 Å². The number of hydrogen-bond acceptors (Lipinski definition) is 8. The summed E-state index contributed by atoms with van der Waals surface area (Å²) in [6.07, 6.45) is 12.9. The van der Waals surface area contributed by atoms with Crippen LogP contribution >= 0.6 is 0 Å². The molecule has 3 saturated carbocycles. The number of amides is 5. The number of rotatable bonds is 13. The van der Waals surface area contributed by atoms with Crippen LogP contribution < -0.4 is 16.0 Å². The van der Waals surface area contributed by atoms with Crippen molar-refractivity contribution in [2.24, 2.45) is 23.2 Å². The second kappa shape index (κ2) is 16.2. The summed E-state index contributed by atoms with van der Waals surface area (Å²) in [5.41, 5.74) is -0.618. The zero-order valence-electron chi connectivity index (χ0n) is 30.4. The summed E-state index contributed by atoms with van der Waals surface area (Å²) in [5.74, 6) is -2.05. The molecule has 4 fully saturated rings. The van der Waals surface area contributed by atoms with Crippen molar-refractivity contribution in [3.63, 3.8) is 0 Å². The Morgan fingerprint density at radius 1 is 0.960 bits per heavy atom. The summed E-state index contributed by atoms with van der Waals surface area (Å²) in [6.45, 7) is 8.00. The van der Waals surface area contributed by atoms with Crippen LogP contribution in [0.3, 0.4) is 0 Å². The maximum atomic E-state index is 14.7. The third kappa shape index (κ3) is 8.63. The van der Waals surface area contributed by atoms with E-state index >= 15 is 0 Å². The molecule has 5 amide bonds. The van der Waals surface area contributed by atoms with Crippen LogP contribution in [0.2, 0.25) is 0 Å². The van der Waals surface area contributed by atoms with Crippen molar-refractivity contribution in [1.82, 2.24) is 35.7 Å². The highest BCUT2D eigenvalue weighted by Gasteiger charge is 2.53. The number of nitrogens with zero attached hydrogens (tertiary/aromatic N) is 4. The van der Waals surface area contributed by atoms with E-state index < -0.39 is 53.4 Å². The zero-order valence-corrected chi connectivity index (χ0v) is 30.4. The molecule has 0 radical (unpaired) electrons. The van der Waals surface area contributed by atoms with Gasteiger partial charge >= 0.3 is 0 Å². The number of aromatic nitrogens is 2. The van der Waals surface area contributed by atoms with Gasteiger partial charge in [-0.1, -0.05) is 59.8 Å². The fourth-order valence-corrected chi connectivity index (χ4v) is 8.31. The lowest BCUT2D eigenvalue weighted by atomic mass is 9.82. The molecule has 0 bridgehead atoms. The van der Waals surface area contributed by atoms with Gasteiger partial charge in [0, 0.05) is 32.0 Å². The summed E-state index contributed by atoms with van der Waals surface area (Å²) >= 11 is 0. The standard InChI is InChI=1S/C37H57N7O6/c1-6-11-27(30(45)34(48)40-24-16-17-24)43(5)35(49)29-25-15-10-14-23(25)21-44(29)36(50)31(37(2,3)4)42-33(47)28(22-12-8-7-9-13-22)41-32(46)26-20-38-18-19-39-26/h18-20,22-25,27-31,45H,6-17,21H2,1-5H3,(H,40,48)(H,41,46)(H,42,47). The highest BCUT2D eigenvalue weighted by atomic mass is 16.3. The van der Waals surface area contributed by atoms with Gasteiger partial charge in [-0.2, -0.15) is 0 Å². The monoisotopic (exact) mass is 695 g/mol. The van der Waals surface area contributed by atoms with E-state index in [-0.39, 0.29) is 41.3 Å². The van der Waals surface area contributed by atoms with Crippen LogP contribution in [0.1, 0.15) is 115 Å². The van der Waals surface area contributed by atoms with Crippen LogP contribution in [0.4, 0.5) is 0 Å². The second-order valence-electron chi connectivity index (χ2n) is 16.1. The maximum Gasteiger partial charge on any atom is 0.272 e. The second-order valence-corrected chi connectivity index (χ2v) is 16.1. The van der Waals surface area contributed by atoms with Crippen molar-refractivity contribution in [2.45, 2.75) is 141 Å². The first-order chi connectivity index (χ1) is 23.8. The topological polar surface area (TPSA) is 174 Å². The van der Waals surface area contributed by atoms with Gasteiger partial charge in [0.1, 0.15) is 23.8 Å². The van der Waals surface area contributed by atoms with Crippen molar-refractivity contribution in [3.8, 4) is 0 Å². The van der Waals surface area contributed by atoms with E-state index in [1.807, 2.05) is 27.7 Å². The highest BCUT2D eigenvalue weighted by Crippen LogP contribution is 2.44. The van der Waals surface area contributed by atoms with Crippen molar-refractivity contribution in [2.75, 3.05) is 13.6 Å². The Hall–Kier alpha value is -3.61. The number of likely N-dealkylation sites (tertiary alicyclic amines) is 1. The van der Waals surface area contributed by atoms with Crippen LogP contribution in [0.15, 0.2) is 18.6 Å². The lowest BCUT2D eigenvalue weighted by molar-refractivity contribution is -0.151. The Kier molecular flexibility index (Phi) is 12.2. The van der Waals surface area contributed by atoms with E-state index in [0.29, 0.717) is 19.4 Å². The third-order valence-electron chi connectivity index (χ3n) is 11.3. The molecule has 7 atom stereocenters. The van der Waals surface area contributed by atoms with E-state index in [1.54, 1.807) is 11.9 Å². The third-order valence-corrected chi connectivity index (χ3v) is 11.3. The predicted molar refractivity (Wildman–Crippen MR) is 186 cm³/mol. The average molecular weight is 696 g/mol. The molecule has 1 aromatic rings. The largest absolute Gasteiger partial charge is 0.381 e. The molecular formula is C37H57N7O6. The fraction of sp³-hybridized carbons (Fsp3) is 0.757. The van der Waals surface area contributed by atoms with Crippen LogP contribution in [-0.2, 0) is 19.2 Å². The lowest BCUT2D eigenvalue weighted by Crippen LogP contribution is -2.62. The van der Waals surface area contributed by atoms with Crippen molar-refractivity contribution < 1.29 is 29.1 Å². The molecule has 4 N–H and O–H groups in total. The van der Waals surface area contributed by atoms with E-state index in [1.165, 1.54) is 23.5 Å². The van der Waals surface area contributed by atoms with Gasteiger partial charge in [-0.05, 0) is 68.1 Å². The van der Waals surface area contributed by atoms with Crippen LogP contribution in [-0.4, -0.2) is 104 Å². The molecule has 13 heteroatoms. The Morgan fingerprint density at radius 3 is 2.30 bits per heavy atom. The highest BCUT2D eigenvalue weighted by molar-refractivity contribution is 5.98. The molecule has 7 unspecified atom stereocenters. The van der Waals surface area contributed by atoms with Gasteiger partial charge in [0.25, 0.3) is 11.8 Å². The lowest BCUT2D eigenvalue weighted by Gasteiger charge is -2.40. The van der Waals surface area contributed by atoms with Gasteiger partial charge in [-0.3, -0.25) is 29.0 Å². The first-order valence-corrected chi connectivity index (χ1v) is 18.7. The first kappa shape index (κ1) is 37.6. The van der Waals surface area contributed by atoms with Gasteiger partial charge in [0.05, 0.1) is 12.2 Å². The van der Waals surface area contributed by atoms with Gasteiger partial charge in [-0.25, -0.2) is 4.98 Å². The van der Waals surface area contributed by atoms with Crippen LogP contribution in [0.25, 0.3) is 0 Å². The van der Waals surface area contributed by atoms with Crippen LogP contribution in [0.5, 0.6) is 0 Å². The fourth-order valence-electron chi connectivity index (χ4n) is 8.31. The van der Waals surface area contributed by atoms with Crippen molar-refractivity contribution in [1.29, 1.82) is 0 Å². The molecule has 50 heavy (non-hydrogen) atoms. The molecular weight excluding hydrogens is 638 g/mol. The number of aliphatic hydroxyl groups excluding tert-OH is 1. The van der Waals surface area contributed by atoms with E-state index in [4.69, 9.17) is 0 Å². The van der Waals surface area contributed by atoms with Gasteiger partial charge < -0.3 is 30.9 Å².